The van der Waals surface area contributed by atoms with E-state index in [-0.39, 0.29) is 12.2 Å². The van der Waals surface area contributed by atoms with Gasteiger partial charge in [-0.25, -0.2) is 0 Å². The van der Waals surface area contributed by atoms with Crippen molar-refractivity contribution >= 4 is 6.41 Å². The largest absolute Gasteiger partial charge is 0.392 e. The molecule has 5 heteroatoms. The van der Waals surface area contributed by atoms with Crippen molar-refractivity contribution in [3.8, 4) is 0 Å². The average molecular weight is 345 g/mol. The Hall–Kier alpha value is -0.650. The minimum atomic E-state index is -0.356. The summed E-state index contributed by atoms with van der Waals surface area (Å²) in [6.07, 6.45) is 10.9. The van der Waals surface area contributed by atoms with Gasteiger partial charge in [-0.2, -0.15) is 0 Å². The summed E-state index contributed by atoms with van der Waals surface area (Å²) >= 11 is 0. The molecule has 2 unspecified atom stereocenters. The molecule has 0 aromatic carbocycles. The zero-order valence-electron chi connectivity index (χ0n) is 15.9. The van der Waals surface area contributed by atoms with Gasteiger partial charge in [-0.3, -0.25) is 9.69 Å². The van der Waals surface area contributed by atoms with E-state index < -0.39 is 0 Å². The lowest BCUT2D eigenvalue weighted by Gasteiger charge is -2.27. The van der Waals surface area contributed by atoms with Crippen LogP contribution in [0, 0.1) is 0 Å². The maximum atomic E-state index is 10.4. The predicted octanol–water partition coefficient (Wildman–Crippen LogP) is 2.70. The van der Waals surface area contributed by atoms with Crippen molar-refractivity contribution in [1.82, 2.24) is 10.2 Å². The van der Waals surface area contributed by atoms with Gasteiger partial charge in [0, 0.05) is 26.2 Å². The molecule has 0 aliphatic rings. The normalized spacial score (nSPS) is 13.9. The number of aliphatic hydroxyl groups is 2. The molecule has 0 aliphatic heterocycles. The lowest BCUT2D eigenvalue weighted by Crippen LogP contribution is -2.41. The highest BCUT2D eigenvalue weighted by Gasteiger charge is 2.15. The van der Waals surface area contributed by atoms with Gasteiger partial charge in [0.05, 0.1) is 12.2 Å². The van der Waals surface area contributed by atoms with Crippen LogP contribution in [0.5, 0.6) is 0 Å². The monoisotopic (exact) mass is 344 g/mol. The van der Waals surface area contributed by atoms with Crippen molar-refractivity contribution < 1.29 is 15.0 Å². The number of nitrogens with zero attached hydrogens (tertiary/aromatic N) is 1. The van der Waals surface area contributed by atoms with E-state index in [0.717, 1.165) is 25.7 Å². The predicted molar refractivity (Wildman–Crippen MR) is 100 cm³/mol. The highest BCUT2D eigenvalue weighted by molar-refractivity contribution is 5.45. The van der Waals surface area contributed by atoms with Gasteiger partial charge in [-0.15, -0.1) is 0 Å². The smallest absolute Gasteiger partial charge is 0.207 e. The molecule has 0 aliphatic carbocycles. The second-order valence-electron chi connectivity index (χ2n) is 6.84. The molecule has 0 aromatic rings. The summed E-state index contributed by atoms with van der Waals surface area (Å²) in [5.41, 5.74) is 0. The minimum Gasteiger partial charge on any atom is -0.392 e. The van der Waals surface area contributed by atoms with Crippen LogP contribution < -0.4 is 5.32 Å². The summed E-state index contributed by atoms with van der Waals surface area (Å²) in [6.45, 7) is 6.71. The molecule has 24 heavy (non-hydrogen) atoms. The molecule has 5 nitrogen and oxygen atoms in total. The Kier molecular flexibility index (Phi) is 16.7. The van der Waals surface area contributed by atoms with E-state index in [1.165, 1.54) is 38.5 Å². The molecule has 0 bridgehead atoms. The molecule has 0 saturated carbocycles. The molecule has 0 fully saturated rings. The van der Waals surface area contributed by atoms with Gasteiger partial charge in [-0.1, -0.05) is 65.2 Å². The molecular weight excluding hydrogens is 304 g/mol. The molecule has 1 amide bonds. The lowest BCUT2D eigenvalue weighted by molar-refractivity contribution is -0.109. The van der Waals surface area contributed by atoms with E-state index >= 15 is 0 Å². The topological polar surface area (TPSA) is 72.8 Å². The molecule has 0 heterocycles. The zero-order valence-corrected chi connectivity index (χ0v) is 15.9. The van der Waals surface area contributed by atoms with Crippen LogP contribution in [0.15, 0.2) is 0 Å². The average Bonchev–Trinajstić information content (AvgIpc) is 2.56. The second-order valence-corrected chi connectivity index (χ2v) is 6.84. The van der Waals surface area contributed by atoms with E-state index in [1.54, 1.807) is 0 Å². The van der Waals surface area contributed by atoms with Gasteiger partial charge in [0.2, 0.25) is 6.41 Å². The molecule has 0 aromatic heterocycles. The van der Waals surface area contributed by atoms with Crippen LogP contribution >= 0.6 is 0 Å². The van der Waals surface area contributed by atoms with Crippen LogP contribution in [0.3, 0.4) is 0 Å². The number of carbonyl (C=O) groups excluding carboxylic acids is 1. The number of carbonyl (C=O) groups is 1. The Labute approximate surface area is 148 Å². The zero-order chi connectivity index (χ0) is 18.0. The van der Waals surface area contributed by atoms with Crippen molar-refractivity contribution in [3.63, 3.8) is 0 Å². The molecule has 144 valence electrons. The van der Waals surface area contributed by atoms with Gasteiger partial charge >= 0.3 is 0 Å². The Morgan fingerprint density at radius 2 is 1.38 bits per heavy atom. The first-order chi connectivity index (χ1) is 11.6. The summed E-state index contributed by atoms with van der Waals surface area (Å²) in [4.78, 5) is 12.5. The molecule has 0 rings (SSSR count). The first-order valence-electron chi connectivity index (χ1n) is 9.89. The van der Waals surface area contributed by atoms with Crippen LogP contribution in [-0.2, 0) is 4.79 Å². The van der Waals surface area contributed by atoms with Gasteiger partial charge < -0.3 is 15.5 Å². The number of amides is 1. The van der Waals surface area contributed by atoms with Crippen LogP contribution in [0.1, 0.15) is 78.1 Å². The summed E-state index contributed by atoms with van der Waals surface area (Å²) in [6, 6.07) is 0. The SMILES string of the molecule is CCCCCCC(O)CN(CCNC=O)CC(O)CCCCCC. The fraction of sp³-hybridized carbons (Fsp3) is 0.947. The molecular formula is C19H40N2O3. The number of unbranched alkanes of at least 4 members (excludes halogenated alkanes) is 6. The summed E-state index contributed by atoms with van der Waals surface area (Å²) in [5, 5.41) is 23.1. The summed E-state index contributed by atoms with van der Waals surface area (Å²) in [7, 11) is 0. The summed E-state index contributed by atoms with van der Waals surface area (Å²) in [5.74, 6) is 0. The number of rotatable bonds is 18. The third-order valence-electron chi connectivity index (χ3n) is 4.38. The molecule has 0 spiro atoms. The van der Waals surface area contributed by atoms with E-state index in [0.29, 0.717) is 32.6 Å². The van der Waals surface area contributed by atoms with Crippen LogP contribution in [0.4, 0.5) is 0 Å². The van der Waals surface area contributed by atoms with E-state index in [1.807, 2.05) is 0 Å². The van der Waals surface area contributed by atoms with Crippen molar-refractivity contribution in [1.29, 1.82) is 0 Å². The number of hydrogen-bond donors (Lipinski definition) is 3. The van der Waals surface area contributed by atoms with Crippen LogP contribution in [0.25, 0.3) is 0 Å². The van der Waals surface area contributed by atoms with E-state index in [4.69, 9.17) is 0 Å². The maximum absolute atomic E-state index is 10.4. The first-order valence-corrected chi connectivity index (χ1v) is 9.89. The van der Waals surface area contributed by atoms with Crippen molar-refractivity contribution in [3.05, 3.63) is 0 Å². The fourth-order valence-corrected chi connectivity index (χ4v) is 2.93. The van der Waals surface area contributed by atoms with E-state index in [2.05, 4.69) is 24.1 Å². The number of nitrogens with one attached hydrogen (secondary N) is 1. The Bertz CT molecular complexity index is 257. The quantitative estimate of drug-likeness (QED) is 0.264. The van der Waals surface area contributed by atoms with Crippen LogP contribution in [0.2, 0.25) is 0 Å². The number of aliphatic hydroxyl groups excluding tert-OH is 2. The van der Waals surface area contributed by atoms with E-state index in [9.17, 15) is 15.0 Å². The molecule has 3 N–H and O–H groups in total. The van der Waals surface area contributed by atoms with Gasteiger partial charge in [0.25, 0.3) is 0 Å². The number of hydrogen-bond acceptors (Lipinski definition) is 4. The maximum Gasteiger partial charge on any atom is 0.207 e. The second kappa shape index (κ2) is 17.2. The summed E-state index contributed by atoms with van der Waals surface area (Å²) < 4.78 is 0. The van der Waals surface area contributed by atoms with Crippen molar-refractivity contribution in [2.45, 2.75) is 90.3 Å². The highest BCUT2D eigenvalue weighted by atomic mass is 16.3. The minimum absolute atomic E-state index is 0.356. The Balaban J connectivity index is 4.12. The highest BCUT2D eigenvalue weighted by Crippen LogP contribution is 2.10. The Morgan fingerprint density at radius 3 is 1.79 bits per heavy atom. The first kappa shape index (κ1) is 23.4. The van der Waals surface area contributed by atoms with Gasteiger partial charge in [-0.05, 0) is 12.8 Å². The van der Waals surface area contributed by atoms with Crippen molar-refractivity contribution in [2.24, 2.45) is 0 Å². The molecule has 2 atom stereocenters. The van der Waals surface area contributed by atoms with Gasteiger partial charge in [0.1, 0.15) is 0 Å². The van der Waals surface area contributed by atoms with Crippen molar-refractivity contribution in [2.75, 3.05) is 26.2 Å². The van der Waals surface area contributed by atoms with Crippen LogP contribution in [-0.4, -0.2) is 59.9 Å². The fourth-order valence-electron chi connectivity index (χ4n) is 2.93. The standard InChI is InChI=1S/C19H40N2O3/c1-3-5-7-9-11-18(23)15-21(14-13-20-17-22)16-19(24)12-10-8-6-4-2/h17-19,23-24H,3-16H2,1-2H3,(H,20,22). The third kappa shape index (κ3) is 14.9. The lowest BCUT2D eigenvalue weighted by atomic mass is 10.1. The molecule has 0 radical (unpaired) electrons. The Morgan fingerprint density at radius 1 is 0.875 bits per heavy atom. The third-order valence-corrected chi connectivity index (χ3v) is 4.38. The van der Waals surface area contributed by atoms with Gasteiger partial charge in [0.15, 0.2) is 0 Å². The molecule has 0 saturated heterocycles.